The first-order valence-electron chi connectivity index (χ1n) is 11.2. The number of carbonyl (C=O) groups excluding carboxylic acids is 1. The van der Waals surface area contributed by atoms with Gasteiger partial charge in [0.25, 0.3) is 5.91 Å². The molecule has 9 heteroatoms. The predicted octanol–water partition coefficient (Wildman–Crippen LogP) is 6.09. The summed E-state index contributed by atoms with van der Waals surface area (Å²) in [5, 5.41) is 2.69. The Bertz CT molecular complexity index is 1200. The second-order valence-corrected chi connectivity index (χ2v) is 9.78. The van der Waals surface area contributed by atoms with Crippen molar-refractivity contribution in [3.63, 3.8) is 0 Å². The van der Waals surface area contributed by atoms with Gasteiger partial charge in [-0.3, -0.25) is 9.78 Å². The van der Waals surface area contributed by atoms with E-state index >= 15 is 0 Å². The van der Waals surface area contributed by atoms with Crippen LogP contribution >= 0.6 is 0 Å². The third-order valence-corrected chi connectivity index (χ3v) is 6.10. The third-order valence-electron chi connectivity index (χ3n) is 6.10. The number of benzene rings is 1. The van der Waals surface area contributed by atoms with Gasteiger partial charge >= 0.3 is 6.36 Å². The van der Waals surface area contributed by atoms with Crippen molar-refractivity contribution < 1.29 is 22.7 Å². The molecule has 0 atom stereocenters. The van der Waals surface area contributed by atoms with Crippen molar-refractivity contribution >= 4 is 17.4 Å². The summed E-state index contributed by atoms with van der Waals surface area (Å²) >= 11 is 0. The van der Waals surface area contributed by atoms with Gasteiger partial charge in [-0.25, -0.2) is 4.98 Å². The molecule has 1 amide bonds. The minimum absolute atomic E-state index is 0.197. The van der Waals surface area contributed by atoms with Gasteiger partial charge in [0.05, 0.1) is 5.56 Å². The molecule has 3 heterocycles. The van der Waals surface area contributed by atoms with Gasteiger partial charge < -0.3 is 15.0 Å². The first kappa shape index (κ1) is 24.5. The first-order valence-corrected chi connectivity index (χ1v) is 11.2. The number of carbonyl (C=O) groups is 1. The molecule has 1 saturated heterocycles. The van der Waals surface area contributed by atoms with Gasteiger partial charge in [0, 0.05) is 48.0 Å². The Labute approximate surface area is 202 Å². The first-order chi connectivity index (χ1) is 16.4. The number of nitrogens with one attached hydrogen (secondary N) is 1. The molecule has 0 spiro atoms. The second-order valence-electron chi connectivity index (χ2n) is 9.78. The zero-order valence-electron chi connectivity index (χ0n) is 20.0. The molecule has 3 aromatic rings. The topological polar surface area (TPSA) is 67.3 Å². The van der Waals surface area contributed by atoms with E-state index < -0.39 is 12.3 Å². The maximum Gasteiger partial charge on any atom is 0.573 e. The number of hydrogen-bond acceptors (Lipinski definition) is 5. The van der Waals surface area contributed by atoms with Crippen molar-refractivity contribution in [2.45, 2.75) is 34.1 Å². The number of aromatic nitrogens is 2. The summed E-state index contributed by atoms with van der Waals surface area (Å²) in [6.07, 6.45) is -1.50. The van der Waals surface area contributed by atoms with Gasteiger partial charge in [0.1, 0.15) is 11.6 Å². The summed E-state index contributed by atoms with van der Waals surface area (Å²) in [5.74, 6) is 0.548. The fraction of sp³-hybridized carbons (Fsp3) is 0.346. The molecule has 184 valence electrons. The summed E-state index contributed by atoms with van der Waals surface area (Å²) in [7, 11) is 0. The molecule has 0 radical (unpaired) electrons. The zero-order valence-corrected chi connectivity index (χ0v) is 20.0. The van der Waals surface area contributed by atoms with Crippen LogP contribution in [0, 0.1) is 18.3 Å². The fourth-order valence-electron chi connectivity index (χ4n) is 3.82. The van der Waals surface area contributed by atoms with E-state index in [4.69, 9.17) is 0 Å². The number of amides is 1. The lowest BCUT2D eigenvalue weighted by molar-refractivity contribution is -0.274. The number of aryl methyl sites for hydroxylation is 1. The highest BCUT2D eigenvalue weighted by Gasteiger charge is 2.37. The molecule has 1 aromatic carbocycles. The molecule has 1 aliphatic heterocycles. The van der Waals surface area contributed by atoms with Gasteiger partial charge in [0.15, 0.2) is 0 Å². The van der Waals surface area contributed by atoms with E-state index in [1.54, 1.807) is 12.3 Å². The average molecular weight is 485 g/mol. The Morgan fingerprint density at radius 1 is 1.03 bits per heavy atom. The monoisotopic (exact) mass is 484 g/mol. The molecule has 0 saturated carbocycles. The SMILES string of the molecule is Cc1ccc(-c2cc(C(=O)Nc3ccc(OC(F)(F)F)cc3)cnc2N2CC(C(C)(C)C)C2)cn1. The molecule has 0 unspecified atom stereocenters. The van der Waals surface area contributed by atoms with Crippen molar-refractivity contribution in [1.82, 2.24) is 9.97 Å². The standard InChI is InChI=1S/C26H27F3N4O2/c1-16-5-6-17(12-30-16)22-11-18(13-31-23(22)33-14-19(15-33)25(2,3)4)24(34)32-20-7-9-21(10-8-20)35-26(27,28)29/h5-13,19H,14-15H2,1-4H3,(H,32,34). The number of hydrogen-bond donors (Lipinski definition) is 1. The number of ether oxygens (including phenoxy) is 1. The molecule has 1 N–H and O–H groups in total. The number of anilines is 2. The molecule has 2 aromatic heterocycles. The highest BCUT2D eigenvalue weighted by molar-refractivity contribution is 6.05. The van der Waals surface area contributed by atoms with Crippen LogP contribution in [-0.2, 0) is 0 Å². The summed E-state index contributed by atoms with van der Waals surface area (Å²) in [5.41, 5.74) is 3.39. The quantitative estimate of drug-likeness (QED) is 0.475. The average Bonchev–Trinajstić information content (AvgIpc) is 2.73. The van der Waals surface area contributed by atoms with Crippen LogP contribution in [0.25, 0.3) is 11.1 Å². The van der Waals surface area contributed by atoms with Crippen LogP contribution in [0.2, 0.25) is 0 Å². The molecule has 1 fully saturated rings. The van der Waals surface area contributed by atoms with E-state index in [1.165, 1.54) is 18.3 Å². The van der Waals surface area contributed by atoms with Gasteiger partial charge in [-0.05, 0) is 54.7 Å². The van der Waals surface area contributed by atoms with Crippen LogP contribution in [0.4, 0.5) is 24.7 Å². The van der Waals surface area contributed by atoms with E-state index in [2.05, 4.69) is 45.7 Å². The molecule has 0 aliphatic carbocycles. The Morgan fingerprint density at radius 3 is 2.29 bits per heavy atom. The van der Waals surface area contributed by atoms with E-state index in [-0.39, 0.29) is 11.2 Å². The number of pyridine rings is 2. The van der Waals surface area contributed by atoms with Gasteiger partial charge in [0.2, 0.25) is 0 Å². The molecular weight excluding hydrogens is 457 g/mol. The van der Waals surface area contributed by atoms with Crippen LogP contribution < -0.4 is 15.0 Å². The zero-order chi connectivity index (χ0) is 25.4. The molecule has 4 rings (SSSR count). The Balaban J connectivity index is 1.57. The molecular formula is C26H27F3N4O2. The number of rotatable bonds is 5. The Kier molecular flexibility index (Phi) is 6.44. The summed E-state index contributed by atoms with van der Waals surface area (Å²) < 4.78 is 41.0. The van der Waals surface area contributed by atoms with Crippen LogP contribution in [0.5, 0.6) is 5.75 Å². The molecule has 0 bridgehead atoms. The highest BCUT2D eigenvalue weighted by Crippen LogP contribution is 2.39. The normalized spacial score (nSPS) is 14.4. The smallest absolute Gasteiger partial charge is 0.406 e. The summed E-state index contributed by atoms with van der Waals surface area (Å²) in [6, 6.07) is 10.6. The maximum atomic E-state index is 12.9. The summed E-state index contributed by atoms with van der Waals surface area (Å²) in [6.45, 7) is 10.3. The maximum absolute atomic E-state index is 12.9. The second kappa shape index (κ2) is 9.20. The Hall–Kier alpha value is -3.62. The molecule has 1 aliphatic rings. The van der Waals surface area contributed by atoms with Crippen molar-refractivity contribution in [3.8, 4) is 16.9 Å². The fourth-order valence-corrected chi connectivity index (χ4v) is 3.82. The van der Waals surface area contributed by atoms with Crippen molar-refractivity contribution in [3.05, 3.63) is 66.1 Å². The van der Waals surface area contributed by atoms with Crippen molar-refractivity contribution in [1.29, 1.82) is 0 Å². The van der Waals surface area contributed by atoms with Crippen LogP contribution in [0.1, 0.15) is 36.8 Å². The van der Waals surface area contributed by atoms with Gasteiger partial charge in [-0.1, -0.05) is 26.8 Å². The number of halogens is 3. The molecule has 6 nitrogen and oxygen atoms in total. The third kappa shape index (κ3) is 5.90. The molecule has 35 heavy (non-hydrogen) atoms. The largest absolute Gasteiger partial charge is 0.573 e. The lowest BCUT2D eigenvalue weighted by atomic mass is 9.76. The van der Waals surface area contributed by atoms with Crippen LogP contribution in [0.3, 0.4) is 0 Å². The van der Waals surface area contributed by atoms with E-state index in [1.807, 2.05) is 19.1 Å². The number of alkyl halides is 3. The van der Waals surface area contributed by atoms with E-state index in [0.717, 1.165) is 47.9 Å². The lowest BCUT2D eigenvalue weighted by Crippen LogP contribution is -2.52. The van der Waals surface area contributed by atoms with Crippen molar-refractivity contribution in [2.75, 3.05) is 23.3 Å². The van der Waals surface area contributed by atoms with E-state index in [0.29, 0.717) is 17.2 Å². The minimum atomic E-state index is -4.78. The van der Waals surface area contributed by atoms with Gasteiger partial charge in [-0.2, -0.15) is 0 Å². The van der Waals surface area contributed by atoms with Crippen LogP contribution in [0.15, 0.2) is 54.9 Å². The van der Waals surface area contributed by atoms with Crippen molar-refractivity contribution in [2.24, 2.45) is 11.3 Å². The van der Waals surface area contributed by atoms with E-state index in [9.17, 15) is 18.0 Å². The number of nitrogens with zero attached hydrogens (tertiary/aromatic N) is 3. The highest BCUT2D eigenvalue weighted by atomic mass is 19.4. The van der Waals surface area contributed by atoms with Gasteiger partial charge in [-0.15, -0.1) is 13.2 Å². The van der Waals surface area contributed by atoms with Crippen LogP contribution in [-0.4, -0.2) is 35.3 Å². The lowest BCUT2D eigenvalue weighted by Gasteiger charge is -2.47. The summed E-state index contributed by atoms with van der Waals surface area (Å²) in [4.78, 5) is 24.1. The minimum Gasteiger partial charge on any atom is -0.406 e. The predicted molar refractivity (Wildman–Crippen MR) is 128 cm³/mol. The Morgan fingerprint density at radius 2 is 1.71 bits per heavy atom.